The molecule has 3 nitrogen and oxygen atoms in total. The number of likely N-dealkylation sites (N-methyl/N-ethyl adjacent to an activating group) is 1. The van der Waals surface area contributed by atoms with Crippen LogP contribution < -0.4 is 4.74 Å². The van der Waals surface area contributed by atoms with Gasteiger partial charge in [0.05, 0.1) is 19.2 Å². The van der Waals surface area contributed by atoms with Gasteiger partial charge in [-0.15, -0.1) is 0 Å². The largest absolute Gasteiger partial charge is 0.497 e. The third-order valence-corrected chi connectivity index (χ3v) is 3.87. The molecular weight excluding hydrogens is 250 g/mol. The van der Waals surface area contributed by atoms with Gasteiger partial charge in [-0.3, -0.25) is 9.69 Å². The fourth-order valence-electron chi connectivity index (χ4n) is 2.66. The molecule has 0 spiro atoms. The summed E-state index contributed by atoms with van der Waals surface area (Å²) in [4.78, 5) is 14.6. The van der Waals surface area contributed by atoms with Crippen LogP contribution in [-0.2, 0) is 0 Å². The van der Waals surface area contributed by atoms with Crippen LogP contribution in [0, 0.1) is 0 Å². The Morgan fingerprint density at radius 1 is 1.05 bits per heavy atom. The molecule has 1 fully saturated rings. The molecule has 3 heteroatoms. The minimum Gasteiger partial charge on any atom is -0.497 e. The van der Waals surface area contributed by atoms with Crippen LogP contribution in [-0.4, -0.2) is 30.9 Å². The number of rotatable bonds is 4. The van der Waals surface area contributed by atoms with Gasteiger partial charge in [0.25, 0.3) is 0 Å². The van der Waals surface area contributed by atoms with Crippen LogP contribution >= 0.6 is 0 Å². The van der Waals surface area contributed by atoms with Crippen molar-refractivity contribution in [2.75, 3.05) is 14.2 Å². The molecule has 0 N–H and O–H groups in total. The maximum atomic E-state index is 12.5. The quantitative estimate of drug-likeness (QED) is 0.630. The summed E-state index contributed by atoms with van der Waals surface area (Å²) in [6, 6.07) is 17.6. The van der Waals surface area contributed by atoms with Crippen LogP contribution in [0.3, 0.4) is 0 Å². The summed E-state index contributed by atoms with van der Waals surface area (Å²) in [6.45, 7) is 0. The molecule has 1 aliphatic heterocycles. The van der Waals surface area contributed by atoms with Crippen molar-refractivity contribution in [3.63, 3.8) is 0 Å². The molecule has 2 aromatic rings. The average Bonchev–Trinajstić information content (AvgIpc) is 3.19. The van der Waals surface area contributed by atoms with E-state index in [1.165, 1.54) is 5.56 Å². The normalized spacial score (nSPS) is 24.2. The Bertz CT molecular complexity index is 607. The summed E-state index contributed by atoms with van der Waals surface area (Å²) < 4.78 is 5.11. The number of methoxy groups -OCH3 is 1. The van der Waals surface area contributed by atoms with Crippen molar-refractivity contribution >= 4 is 5.78 Å². The van der Waals surface area contributed by atoms with Crippen LogP contribution in [0.4, 0.5) is 0 Å². The van der Waals surface area contributed by atoms with Crippen molar-refractivity contribution in [1.29, 1.82) is 0 Å². The Kier molecular flexibility index (Phi) is 3.28. The topological polar surface area (TPSA) is 29.3 Å². The number of benzene rings is 2. The second-order valence-corrected chi connectivity index (χ2v) is 5.06. The number of hydrogen-bond donors (Lipinski definition) is 0. The maximum Gasteiger partial charge on any atom is 0.181 e. The molecule has 20 heavy (non-hydrogen) atoms. The van der Waals surface area contributed by atoms with Gasteiger partial charge in [0, 0.05) is 5.56 Å². The number of carbonyl (C=O) groups excluding carboxylic acids is 1. The van der Waals surface area contributed by atoms with Crippen molar-refractivity contribution in [2.24, 2.45) is 0 Å². The SMILES string of the molecule is COc1ccc(C(=O)C2C(c3ccccc3)N2C)cc1. The van der Waals surface area contributed by atoms with E-state index in [9.17, 15) is 4.79 Å². The molecule has 0 saturated carbocycles. The smallest absolute Gasteiger partial charge is 0.181 e. The van der Waals surface area contributed by atoms with Crippen molar-refractivity contribution in [1.82, 2.24) is 4.90 Å². The zero-order chi connectivity index (χ0) is 14.1. The lowest BCUT2D eigenvalue weighted by Gasteiger charge is -2.02. The highest BCUT2D eigenvalue weighted by Crippen LogP contribution is 2.42. The molecule has 2 aromatic carbocycles. The van der Waals surface area contributed by atoms with Gasteiger partial charge >= 0.3 is 0 Å². The zero-order valence-corrected chi connectivity index (χ0v) is 11.6. The lowest BCUT2D eigenvalue weighted by molar-refractivity contribution is 0.0977. The first-order valence-corrected chi connectivity index (χ1v) is 6.67. The van der Waals surface area contributed by atoms with Gasteiger partial charge in [0.15, 0.2) is 5.78 Å². The first kappa shape index (κ1) is 12.9. The van der Waals surface area contributed by atoms with Crippen molar-refractivity contribution in [3.05, 3.63) is 65.7 Å². The van der Waals surface area contributed by atoms with Crippen LogP contribution in [0.2, 0.25) is 0 Å². The van der Waals surface area contributed by atoms with E-state index in [4.69, 9.17) is 4.74 Å². The molecule has 3 unspecified atom stereocenters. The van der Waals surface area contributed by atoms with E-state index in [1.807, 2.05) is 49.5 Å². The lowest BCUT2D eigenvalue weighted by Crippen LogP contribution is -2.11. The van der Waals surface area contributed by atoms with Gasteiger partial charge in [-0.2, -0.15) is 0 Å². The fourth-order valence-corrected chi connectivity index (χ4v) is 2.66. The predicted molar refractivity (Wildman–Crippen MR) is 78.1 cm³/mol. The van der Waals surface area contributed by atoms with Crippen LogP contribution in [0.25, 0.3) is 0 Å². The van der Waals surface area contributed by atoms with E-state index in [2.05, 4.69) is 17.0 Å². The molecule has 0 aliphatic carbocycles. The van der Waals surface area contributed by atoms with E-state index in [1.54, 1.807) is 7.11 Å². The van der Waals surface area contributed by atoms with Gasteiger partial charge in [-0.05, 0) is 36.9 Å². The minimum atomic E-state index is -0.0502. The molecule has 0 bridgehead atoms. The molecule has 0 amide bonds. The van der Waals surface area contributed by atoms with E-state index >= 15 is 0 Å². The van der Waals surface area contributed by atoms with Gasteiger partial charge in [0.1, 0.15) is 5.75 Å². The first-order valence-electron chi connectivity index (χ1n) is 6.67. The number of ether oxygens (including phenoxy) is 1. The third-order valence-electron chi connectivity index (χ3n) is 3.87. The highest BCUT2D eigenvalue weighted by molar-refractivity contribution is 6.02. The predicted octanol–water partition coefficient (Wildman–Crippen LogP) is 2.93. The molecular formula is C17H17NO2. The maximum absolute atomic E-state index is 12.5. The standard InChI is InChI=1S/C17H17NO2/c1-18-15(12-6-4-3-5-7-12)16(18)17(19)13-8-10-14(20-2)11-9-13/h3-11,15-16H,1-2H3. The summed E-state index contributed by atoms with van der Waals surface area (Å²) in [6.07, 6.45) is 0. The first-order chi connectivity index (χ1) is 9.72. The van der Waals surface area contributed by atoms with Crippen LogP contribution in [0.5, 0.6) is 5.75 Å². The second kappa shape index (κ2) is 5.10. The highest BCUT2D eigenvalue weighted by Gasteiger charge is 2.50. The molecule has 3 rings (SSSR count). The summed E-state index contributed by atoms with van der Waals surface area (Å²) in [5.74, 6) is 0.939. The van der Waals surface area contributed by atoms with Crippen molar-refractivity contribution in [3.8, 4) is 5.75 Å². The van der Waals surface area contributed by atoms with Gasteiger partial charge < -0.3 is 4.74 Å². The van der Waals surface area contributed by atoms with E-state index in [-0.39, 0.29) is 17.9 Å². The highest BCUT2D eigenvalue weighted by atomic mass is 16.5. The Labute approximate surface area is 118 Å². The van der Waals surface area contributed by atoms with E-state index < -0.39 is 0 Å². The fraction of sp³-hybridized carbons (Fsp3) is 0.235. The average molecular weight is 267 g/mol. The molecule has 102 valence electrons. The molecule has 0 aromatic heterocycles. The van der Waals surface area contributed by atoms with Gasteiger partial charge in [-0.1, -0.05) is 30.3 Å². The Morgan fingerprint density at radius 3 is 2.30 bits per heavy atom. The summed E-state index contributed by atoms with van der Waals surface area (Å²) in [5, 5.41) is 0. The number of ketones is 1. The van der Waals surface area contributed by atoms with Gasteiger partial charge in [-0.25, -0.2) is 0 Å². The Hall–Kier alpha value is -2.13. The van der Waals surface area contributed by atoms with Gasteiger partial charge in [0.2, 0.25) is 0 Å². The molecule has 1 heterocycles. The molecule has 0 radical (unpaired) electrons. The Balaban J connectivity index is 1.78. The molecule has 1 saturated heterocycles. The second-order valence-electron chi connectivity index (χ2n) is 5.06. The summed E-state index contributed by atoms with van der Waals surface area (Å²) >= 11 is 0. The van der Waals surface area contributed by atoms with Crippen LogP contribution in [0.15, 0.2) is 54.6 Å². The van der Waals surface area contributed by atoms with Crippen molar-refractivity contribution in [2.45, 2.75) is 12.1 Å². The number of nitrogens with zero attached hydrogens (tertiary/aromatic N) is 1. The molecule has 1 aliphatic rings. The Morgan fingerprint density at radius 2 is 1.70 bits per heavy atom. The third kappa shape index (κ3) is 2.21. The summed E-state index contributed by atoms with van der Waals surface area (Å²) in [5.41, 5.74) is 1.93. The van der Waals surface area contributed by atoms with E-state index in [0.29, 0.717) is 0 Å². The number of carbonyl (C=O) groups is 1. The van der Waals surface area contributed by atoms with Crippen LogP contribution in [0.1, 0.15) is 22.0 Å². The molecule has 3 atom stereocenters. The monoisotopic (exact) mass is 267 g/mol. The number of Topliss-reactive ketones (excluding diaryl/α,β-unsaturated/α-hetero) is 1. The minimum absolute atomic E-state index is 0.0502. The van der Waals surface area contributed by atoms with E-state index in [0.717, 1.165) is 11.3 Å². The zero-order valence-electron chi connectivity index (χ0n) is 11.6. The summed E-state index contributed by atoms with van der Waals surface area (Å²) in [7, 11) is 3.61. The van der Waals surface area contributed by atoms with Crippen molar-refractivity contribution < 1.29 is 9.53 Å². The lowest BCUT2D eigenvalue weighted by atomic mass is 10.0. The number of hydrogen-bond acceptors (Lipinski definition) is 3.